The molecule has 0 saturated carbocycles. The van der Waals surface area contributed by atoms with Crippen LogP contribution in [0.1, 0.15) is 11.1 Å². The van der Waals surface area contributed by atoms with Gasteiger partial charge in [-0.2, -0.15) is 0 Å². The van der Waals surface area contributed by atoms with E-state index in [2.05, 4.69) is 5.32 Å². The SMILES string of the molecule is COc1ccc(CCN2C(=O)C=C(Nc3ccc(C)cc3)C2=O)cc1OC. The van der Waals surface area contributed by atoms with Gasteiger partial charge in [0.15, 0.2) is 11.5 Å². The van der Waals surface area contributed by atoms with Gasteiger partial charge in [0.2, 0.25) is 0 Å². The van der Waals surface area contributed by atoms with Crippen molar-refractivity contribution < 1.29 is 19.1 Å². The highest BCUT2D eigenvalue weighted by molar-refractivity contribution is 6.17. The minimum Gasteiger partial charge on any atom is -0.493 e. The lowest BCUT2D eigenvalue weighted by atomic mass is 10.1. The average Bonchev–Trinajstić information content (AvgIpc) is 2.94. The first kappa shape index (κ1) is 18.5. The van der Waals surface area contributed by atoms with Crippen molar-refractivity contribution in [3.8, 4) is 11.5 Å². The molecule has 6 heteroatoms. The standard InChI is InChI=1S/C21H22N2O4/c1-14-4-7-16(8-5-14)22-17-13-20(24)23(21(17)25)11-10-15-6-9-18(26-2)19(12-15)27-3/h4-9,12-13,22H,10-11H2,1-3H3. The van der Waals surface area contributed by atoms with Crippen molar-refractivity contribution in [3.63, 3.8) is 0 Å². The van der Waals surface area contributed by atoms with Crippen molar-refractivity contribution >= 4 is 17.5 Å². The third-order valence-corrected chi connectivity index (χ3v) is 4.41. The van der Waals surface area contributed by atoms with Crippen LogP contribution in [0.2, 0.25) is 0 Å². The van der Waals surface area contributed by atoms with E-state index in [0.717, 1.165) is 16.8 Å². The number of hydrogen-bond acceptors (Lipinski definition) is 5. The molecule has 140 valence electrons. The van der Waals surface area contributed by atoms with Crippen LogP contribution >= 0.6 is 0 Å². The number of carbonyl (C=O) groups is 2. The number of anilines is 1. The number of nitrogens with zero attached hydrogens (tertiary/aromatic N) is 1. The summed E-state index contributed by atoms with van der Waals surface area (Å²) in [5.41, 5.74) is 3.14. The smallest absolute Gasteiger partial charge is 0.277 e. The molecule has 27 heavy (non-hydrogen) atoms. The zero-order valence-electron chi connectivity index (χ0n) is 15.6. The van der Waals surface area contributed by atoms with E-state index in [1.54, 1.807) is 14.2 Å². The molecule has 6 nitrogen and oxygen atoms in total. The third-order valence-electron chi connectivity index (χ3n) is 4.41. The van der Waals surface area contributed by atoms with E-state index >= 15 is 0 Å². The molecule has 2 aromatic rings. The minimum atomic E-state index is -0.318. The molecule has 0 fully saturated rings. The number of aryl methyl sites for hydroxylation is 1. The largest absolute Gasteiger partial charge is 0.493 e. The van der Waals surface area contributed by atoms with Crippen LogP contribution in [-0.4, -0.2) is 37.5 Å². The normalized spacial score (nSPS) is 13.6. The number of nitrogens with one attached hydrogen (secondary N) is 1. The van der Waals surface area contributed by atoms with Gasteiger partial charge in [-0.3, -0.25) is 14.5 Å². The fourth-order valence-electron chi connectivity index (χ4n) is 2.88. The summed E-state index contributed by atoms with van der Waals surface area (Å²) in [7, 11) is 3.15. The Balaban J connectivity index is 1.64. The van der Waals surface area contributed by atoms with Gasteiger partial charge in [0.05, 0.1) is 14.2 Å². The molecule has 0 aromatic heterocycles. The highest BCUT2D eigenvalue weighted by Gasteiger charge is 2.30. The van der Waals surface area contributed by atoms with E-state index < -0.39 is 0 Å². The van der Waals surface area contributed by atoms with Crippen molar-refractivity contribution in [2.45, 2.75) is 13.3 Å². The second kappa shape index (κ2) is 7.95. The van der Waals surface area contributed by atoms with E-state index in [1.807, 2.05) is 49.4 Å². The number of imide groups is 1. The van der Waals surface area contributed by atoms with Crippen LogP contribution in [0, 0.1) is 6.92 Å². The number of ether oxygens (including phenoxy) is 2. The molecular formula is C21H22N2O4. The van der Waals surface area contributed by atoms with Gasteiger partial charge in [0, 0.05) is 18.3 Å². The van der Waals surface area contributed by atoms with Crippen molar-refractivity contribution in [1.29, 1.82) is 0 Å². The summed E-state index contributed by atoms with van der Waals surface area (Å²) >= 11 is 0. The predicted octanol–water partition coefficient (Wildman–Crippen LogP) is 2.92. The lowest BCUT2D eigenvalue weighted by Crippen LogP contribution is -2.33. The fraction of sp³-hybridized carbons (Fsp3) is 0.238. The molecule has 0 atom stereocenters. The van der Waals surface area contributed by atoms with Crippen LogP contribution in [0.5, 0.6) is 11.5 Å². The zero-order chi connectivity index (χ0) is 19.4. The number of hydrogen-bond donors (Lipinski definition) is 1. The van der Waals surface area contributed by atoms with Gasteiger partial charge in [0.25, 0.3) is 11.8 Å². The Labute approximate surface area is 158 Å². The van der Waals surface area contributed by atoms with Crippen molar-refractivity contribution in [3.05, 3.63) is 65.4 Å². The molecule has 2 amide bonds. The van der Waals surface area contributed by atoms with Crippen molar-refractivity contribution in [1.82, 2.24) is 4.90 Å². The van der Waals surface area contributed by atoms with Crippen LogP contribution in [-0.2, 0) is 16.0 Å². The van der Waals surface area contributed by atoms with Crippen molar-refractivity contribution in [2.24, 2.45) is 0 Å². The van der Waals surface area contributed by atoms with Gasteiger partial charge in [-0.15, -0.1) is 0 Å². The number of amides is 2. The minimum absolute atomic E-state index is 0.288. The van der Waals surface area contributed by atoms with E-state index in [4.69, 9.17) is 9.47 Å². The molecular weight excluding hydrogens is 344 g/mol. The molecule has 0 aliphatic carbocycles. The second-order valence-electron chi connectivity index (χ2n) is 6.28. The van der Waals surface area contributed by atoms with Gasteiger partial charge in [0.1, 0.15) is 5.70 Å². The van der Waals surface area contributed by atoms with Crippen LogP contribution in [0.15, 0.2) is 54.2 Å². The summed E-state index contributed by atoms with van der Waals surface area (Å²) in [6, 6.07) is 13.2. The van der Waals surface area contributed by atoms with Crippen LogP contribution < -0.4 is 14.8 Å². The molecule has 1 aliphatic heterocycles. The quantitative estimate of drug-likeness (QED) is 0.763. The summed E-state index contributed by atoms with van der Waals surface area (Å²) in [5, 5.41) is 3.02. The molecule has 0 unspecified atom stereocenters. The van der Waals surface area contributed by atoms with E-state index in [0.29, 0.717) is 24.5 Å². The van der Waals surface area contributed by atoms with Crippen LogP contribution in [0.4, 0.5) is 5.69 Å². The lowest BCUT2D eigenvalue weighted by Gasteiger charge is -2.16. The van der Waals surface area contributed by atoms with Crippen LogP contribution in [0.3, 0.4) is 0 Å². The van der Waals surface area contributed by atoms with E-state index in [-0.39, 0.29) is 17.5 Å². The number of carbonyl (C=O) groups excluding carboxylic acids is 2. The zero-order valence-corrected chi connectivity index (χ0v) is 15.6. The van der Waals surface area contributed by atoms with E-state index in [1.165, 1.54) is 11.0 Å². The van der Waals surface area contributed by atoms with Gasteiger partial charge >= 0.3 is 0 Å². The van der Waals surface area contributed by atoms with Gasteiger partial charge in [-0.25, -0.2) is 0 Å². The highest BCUT2D eigenvalue weighted by atomic mass is 16.5. The molecule has 0 saturated heterocycles. The topological polar surface area (TPSA) is 67.9 Å². The first-order chi connectivity index (χ1) is 13.0. The molecule has 2 aromatic carbocycles. The lowest BCUT2D eigenvalue weighted by molar-refractivity contribution is -0.137. The summed E-state index contributed by atoms with van der Waals surface area (Å²) < 4.78 is 10.5. The molecule has 0 radical (unpaired) electrons. The molecule has 1 heterocycles. The number of benzene rings is 2. The molecule has 3 rings (SSSR count). The summed E-state index contributed by atoms with van der Waals surface area (Å²) in [6.45, 7) is 2.28. The number of rotatable bonds is 7. The van der Waals surface area contributed by atoms with Crippen molar-refractivity contribution in [2.75, 3.05) is 26.1 Å². The maximum absolute atomic E-state index is 12.6. The molecule has 0 spiro atoms. The fourth-order valence-corrected chi connectivity index (χ4v) is 2.88. The summed E-state index contributed by atoms with van der Waals surface area (Å²) in [4.78, 5) is 26.0. The van der Waals surface area contributed by atoms with Gasteiger partial charge in [-0.05, 0) is 43.2 Å². The maximum atomic E-state index is 12.6. The monoisotopic (exact) mass is 366 g/mol. The second-order valence-corrected chi connectivity index (χ2v) is 6.28. The molecule has 1 N–H and O–H groups in total. The Morgan fingerprint density at radius 2 is 1.67 bits per heavy atom. The summed E-state index contributed by atoms with van der Waals surface area (Å²) in [6.07, 6.45) is 1.88. The highest BCUT2D eigenvalue weighted by Crippen LogP contribution is 2.28. The third kappa shape index (κ3) is 4.11. The molecule has 0 bridgehead atoms. The number of methoxy groups -OCH3 is 2. The Kier molecular flexibility index (Phi) is 5.45. The van der Waals surface area contributed by atoms with Gasteiger partial charge < -0.3 is 14.8 Å². The van der Waals surface area contributed by atoms with E-state index in [9.17, 15) is 9.59 Å². The Bertz CT molecular complexity index is 888. The predicted molar refractivity (Wildman–Crippen MR) is 103 cm³/mol. The maximum Gasteiger partial charge on any atom is 0.277 e. The Hall–Kier alpha value is -3.28. The Morgan fingerprint density at radius 3 is 2.33 bits per heavy atom. The Morgan fingerprint density at radius 1 is 0.963 bits per heavy atom. The van der Waals surface area contributed by atoms with Crippen LogP contribution in [0.25, 0.3) is 0 Å². The van der Waals surface area contributed by atoms with Gasteiger partial charge in [-0.1, -0.05) is 23.8 Å². The summed E-state index contributed by atoms with van der Waals surface area (Å²) in [5.74, 6) is 0.630. The first-order valence-corrected chi connectivity index (χ1v) is 8.64. The molecule has 1 aliphatic rings. The first-order valence-electron chi connectivity index (χ1n) is 8.64. The average molecular weight is 366 g/mol.